The van der Waals surface area contributed by atoms with Crippen LogP contribution in [0.4, 0.5) is 8.78 Å². The van der Waals surface area contributed by atoms with Crippen molar-refractivity contribution in [3.05, 3.63) is 35.4 Å². The van der Waals surface area contributed by atoms with E-state index in [9.17, 15) is 18.8 Å². The summed E-state index contributed by atoms with van der Waals surface area (Å²) in [6.07, 6.45) is 2.32. The molecule has 6 heteroatoms. The number of aryl methyl sites for hydroxylation is 1. The molecule has 0 amide bonds. The summed E-state index contributed by atoms with van der Waals surface area (Å²) in [5.41, 5.74) is 0.361. The average Bonchev–Trinajstić information content (AvgIpc) is 3.24. The summed E-state index contributed by atoms with van der Waals surface area (Å²) >= 11 is 0. The fraction of sp³-hybridized carbons (Fsp3) is 0.667. The lowest BCUT2D eigenvalue weighted by atomic mass is 9.55. The summed E-state index contributed by atoms with van der Waals surface area (Å²) < 4.78 is 28.9. The molecule has 1 aromatic carbocycles. The maximum atomic E-state index is 14.4. The Morgan fingerprint density at radius 2 is 2.07 bits per heavy atom. The quantitative estimate of drug-likeness (QED) is 0.612. The number of nitrogens with one attached hydrogen (secondary N) is 1. The van der Waals surface area contributed by atoms with Crippen molar-refractivity contribution < 1.29 is 23.7 Å². The number of rotatable bonds is 4. The molecule has 0 aromatic heterocycles. The molecule has 0 spiro atoms. The second-order valence-corrected chi connectivity index (χ2v) is 8.59. The minimum atomic E-state index is -2.79. The predicted molar refractivity (Wildman–Crippen MR) is 96.5 cm³/mol. The van der Waals surface area contributed by atoms with Crippen LogP contribution in [0.25, 0.3) is 0 Å². The Hall–Kier alpha value is -1.53. The molecule has 148 valence electrons. The molecule has 1 aromatic rings. The fourth-order valence-electron chi connectivity index (χ4n) is 6.29. The van der Waals surface area contributed by atoms with Crippen molar-refractivity contribution in [1.29, 1.82) is 0 Å². The molecule has 0 radical (unpaired) electrons. The Morgan fingerprint density at radius 1 is 1.30 bits per heavy atom. The molecule has 4 nitrogen and oxygen atoms in total. The van der Waals surface area contributed by atoms with Crippen LogP contribution in [0.5, 0.6) is 0 Å². The van der Waals surface area contributed by atoms with Gasteiger partial charge in [-0.15, -0.1) is 0 Å². The van der Waals surface area contributed by atoms with Gasteiger partial charge < -0.3 is 5.32 Å². The SMILES string of the molecule is Cc1ccccc1C(C(=O)OO)(C1C2CCC1NC2)[C@@H]1CCCC(F)(F)C1. The summed E-state index contributed by atoms with van der Waals surface area (Å²) in [5, 5.41) is 12.9. The Bertz CT molecular complexity index is 705. The second kappa shape index (κ2) is 6.82. The average molecular weight is 379 g/mol. The number of carbonyl (C=O) groups is 1. The summed E-state index contributed by atoms with van der Waals surface area (Å²) in [6.45, 7) is 2.69. The van der Waals surface area contributed by atoms with Crippen molar-refractivity contribution in [1.82, 2.24) is 5.32 Å². The van der Waals surface area contributed by atoms with Crippen molar-refractivity contribution in [3.8, 4) is 0 Å². The number of benzene rings is 1. The van der Waals surface area contributed by atoms with E-state index in [4.69, 9.17) is 0 Å². The molecule has 2 aliphatic carbocycles. The van der Waals surface area contributed by atoms with Crippen molar-refractivity contribution in [3.63, 3.8) is 0 Å². The number of carbonyl (C=O) groups excluding carboxylic acids is 1. The number of alkyl halides is 2. The van der Waals surface area contributed by atoms with Crippen LogP contribution < -0.4 is 5.32 Å². The van der Waals surface area contributed by atoms with Gasteiger partial charge >= 0.3 is 5.97 Å². The lowest BCUT2D eigenvalue weighted by Crippen LogP contribution is -2.55. The lowest BCUT2D eigenvalue weighted by Gasteiger charge is -2.47. The van der Waals surface area contributed by atoms with E-state index in [1.54, 1.807) is 0 Å². The van der Waals surface area contributed by atoms with E-state index in [2.05, 4.69) is 10.2 Å². The number of piperidine rings is 1. The zero-order valence-electron chi connectivity index (χ0n) is 15.6. The molecule has 1 saturated heterocycles. The van der Waals surface area contributed by atoms with Gasteiger partial charge in [0.1, 0.15) is 5.41 Å². The van der Waals surface area contributed by atoms with Gasteiger partial charge in [0.25, 0.3) is 0 Å². The summed E-state index contributed by atoms with van der Waals surface area (Å²) in [4.78, 5) is 17.6. The predicted octanol–water partition coefficient (Wildman–Crippen LogP) is 4.07. The molecule has 5 atom stereocenters. The number of fused-ring (bicyclic) bond motifs is 2. The van der Waals surface area contributed by atoms with Crippen molar-refractivity contribution >= 4 is 5.97 Å². The van der Waals surface area contributed by atoms with Gasteiger partial charge in [0.05, 0.1) is 0 Å². The first-order valence-corrected chi connectivity index (χ1v) is 9.93. The number of hydrogen-bond donors (Lipinski definition) is 2. The second-order valence-electron chi connectivity index (χ2n) is 8.59. The van der Waals surface area contributed by atoms with E-state index in [1.807, 2.05) is 31.2 Å². The number of hydrogen-bond acceptors (Lipinski definition) is 4. The third-order valence-corrected chi connectivity index (χ3v) is 7.25. The third kappa shape index (κ3) is 2.88. The molecule has 2 bridgehead atoms. The minimum Gasteiger partial charge on any atom is -0.313 e. The largest absolute Gasteiger partial charge is 0.353 e. The van der Waals surface area contributed by atoms with E-state index in [-0.39, 0.29) is 30.7 Å². The van der Waals surface area contributed by atoms with Crippen LogP contribution in [0.3, 0.4) is 0 Å². The van der Waals surface area contributed by atoms with E-state index in [0.717, 1.165) is 30.5 Å². The molecular formula is C21H27F2NO3. The molecular weight excluding hydrogens is 352 g/mol. The topological polar surface area (TPSA) is 58.6 Å². The molecule has 4 unspecified atom stereocenters. The van der Waals surface area contributed by atoms with E-state index in [1.165, 1.54) is 0 Å². The lowest BCUT2D eigenvalue weighted by molar-refractivity contribution is -0.247. The Morgan fingerprint density at radius 3 is 2.63 bits per heavy atom. The van der Waals surface area contributed by atoms with Crippen LogP contribution in [0.1, 0.15) is 49.7 Å². The van der Waals surface area contributed by atoms with Crippen molar-refractivity contribution in [2.24, 2.45) is 17.8 Å². The highest BCUT2D eigenvalue weighted by Gasteiger charge is 2.64. The van der Waals surface area contributed by atoms with Gasteiger partial charge in [0.15, 0.2) is 0 Å². The van der Waals surface area contributed by atoms with E-state index < -0.39 is 23.2 Å². The monoisotopic (exact) mass is 379 g/mol. The summed E-state index contributed by atoms with van der Waals surface area (Å²) in [7, 11) is 0. The van der Waals surface area contributed by atoms with Gasteiger partial charge in [0.2, 0.25) is 5.92 Å². The maximum Gasteiger partial charge on any atom is 0.353 e. The first-order valence-electron chi connectivity index (χ1n) is 9.93. The highest BCUT2D eigenvalue weighted by atomic mass is 19.3. The fourth-order valence-corrected chi connectivity index (χ4v) is 6.29. The van der Waals surface area contributed by atoms with Gasteiger partial charge in [-0.05, 0) is 68.0 Å². The maximum absolute atomic E-state index is 14.4. The van der Waals surface area contributed by atoms with Crippen LogP contribution in [-0.2, 0) is 15.1 Å². The zero-order chi connectivity index (χ0) is 19.2. The Balaban J connectivity index is 1.92. The van der Waals surface area contributed by atoms with Crippen LogP contribution in [0.15, 0.2) is 24.3 Å². The Kier molecular flexibility index (Phi) is 4.75. The first kappa shape index (κ1) is 18.8. The summed E-state index contributed by atoms with van der Waals surface area (Å²) in [5.74, 6) is -4.04. The van der Waals surface area contributed by atoms with Gasteiger partial charge in [-0.2, -0.15) is 5.26 Å². The normalized spacial score (nSPS) is 34.2. The molecule has 3 aliphatic rings. The van der Waals surface area contributed by atoms with Crippen LogP contribution in [0.2, 0.25) is 0 Å². The molecule has 3 fully saturated rings. The molecule has 2 N–H and O–H groups in total. The minimum absolute atomic E-state index is 0.0873. The molecule has 1 heterocycles. The molecule has 27 heavy (non-hydrogen) atoms. The van der Waals surface area contributed by atoms with Gasteiger partial charge in [-0.25, -0.2) is 13.6 Å². The smallest absolute Gasteiger partial charge is 0.313 e. The van der Waals surface area contributed by atoms with Gasteiger partial charge in [-0.1, -0.05) is 24.3 Å². The van der Waals surface area contributed by atoms with Gasteiger partial charge in [0, 0.05) is 18.9 Å². The van der Waals surface area contributed by atoms with Crippen molar-refractivity contribution in [2.75, 3.05) is 6.54 Å². The van der Waals surface area contributed by atoms with E-state index in [0.29, 0.717) is 12.8 Å². The van der Waals surface area contributed by atoms with Crippen LogP contribution >= 0.6 is 0 Å². The standard InChI is InChI=1S/C21H27F2NO3/c1-13-5-2-3-7-16(13)21(19(25)27-26,15-6-4-10-20(22,23)11-15)18-14-8-9-17(18)24-12-14/h2-3,5,7,14-15,17-18,24,26H,4,6,8-12H2,1H3/t14?,15-,17?,18?,21?/m1/s1. The third-order valence-electron chi connectivity index (χ3n) is 7.25. The highest BCUT2D eigenvalue weighted by Crippen LogP contribution is 2.57. The van der Waals surface area contributed by atoms with Crippen LogP contribution in [0, 0.1) is 24.7 Å². The van der Waals surface area contributed by atoms with Gasteiger partial charge in [-0.3, -0.25) is 4.89 Å². The Labute approximate surface area is 158 Å². The molecule has 2 saturated carbocycles. The number of halogens is 2. The summed E-state index contributed by atoms with van der Waals surface area (Å²) in [6, 6.07) is 7.57. The zero-order valence-corrected chi connectivity index (χ0v) is 15.6. The first-order chi connectivity index (χ1) is 12.9. The van der Waals surface area contributed by atoms with E-state index >= 15 is 0 Å². The molecule has 1 aliphatic heterocycles. The highest BCUT2D eigenvalue weighted by molar-refractivity contribution is 5.85. The molecule has 4 rings (SSSR count). The van der Waals surface area contributed by atoms with Crippen molar-refractivity contribution in [2.45, 2.75) is 62.8 Å². The van der Waals surface area contributed by atoms with Crippen LogP contribution in [-0.4, -0.2) is 29.7 Å².